The number of pyridine rings is 1. The summed E-state index contributed by atoms with van der Waals surface area (Å²) in [6.45, 7) is 0.447. The van der Waals surface area contributed by atoms with Gasteiger partial charge in [-0.25, -0.2) is 4.98 Å². The first kappa shape index (κ1) is 11.8. The molecule has 6 nitrogen and oxygen atoms in total. The van der Waals surface area contributed by atoms with Gasteiger partial charge in [0.1, 0.15) is 11.9 Å². The van der Waals surface area contributed by atoms with Crippen LogP contribution in [-0.4, -0.2) is 24.5 Å². The van der Waals surface area contributed by atoms with Gasteiger partial charge in [0.05, 0.1) is 11.3 Å². The minimum Gasteiger partial charge on any atom is -0.396 e. The molecule has 0 bridgehead atoms. The molecule has 1 aromatic rings. The van der Waals surface area contributed by atoms with E-state index < -0.39 is 0 Å². The zero-order valence-corrected chi connectivity index (χ0v) is 8.95. The summed E-state index contributed by atoms with van der Waals surface area (Å²) >= 11 is 0. The molecule has 0 aliphatic carbocycles. The Bertz CT molecular complexity index is 424. The average Bonchev–Trinajstić information content (AvgIpc) is 2.30. The van der Waals surface area contributed by atoms with Gasteiger partial charge < -0.3 is 16.4 Å². The highest BCUT2D eigenvalue weighted by atomic mass is 16.1. The van der Waals surface area contributed by atoms with Gasteiger partial charge in [0.15, 0.2) is 0 Å². The van der Waals surface area contributed by atoms with Gasteiger partial charge in [0, 0.05) is 26.2 Å². The van der Waals surface area contributed by atoms with Crippen LogP contribution in [0, 0.1) is 11.3 Å². The Kier molecular flexibility index (Phi) is 4.09. The van der Waals surface area contributed by atoms with Gasteiger partial charge in [-0.1, -0.05) is 0 Å². The largest absolute Gasteiger partial charge is 0.396 e. The van der Waals surface area contributed by atoms with Gasteiger partial charge in [-0.3, -0.25) is 4.79 Å². The third kappa shape index (κ3) is 3.13. The van der Waals surface area contributed by atoms with Crippen molar-refractivity contribution in [2.24, 2.45) is 0 Å². The van der Waals surface area contributed by atoms with E-state index in [4.69, 9.17) is 11.0 Å². The number of nitrogens with one attached hydrogen (secondary N) is 2. The third-order valence-corrected chi connectivity index (χ3v) is 1.97. The Morgan fingerprint density at radius 3 is 3.00 bits per heavy atom. The van der Waals surface area contributed by atoms with Crippen molar-refractivity contribution in [3.8, 4) is 6.07 Å². The molecule has 0 atom stereocenters. The second-order valence-corrected chi connectivity index (χ2v) is 3.12. The Morgan fingerprint density at radius 2 is 2.44 bits per heavy atom. The number of nitrogens with zero attached hydrogens (tertiary/aromatic N) is 2. The van der Waals surface area contributed by atoms with E-state index in [1.807, 2.05) is 6.07 Å². The van der Waals surface area contributed by atoms with E-state index in [2.05, 4.69) is 15.6 Å². The monoisotopic (exact) mass is 219 g/mol. The van der Waals surface area contributed by atoms with Crippen molar-refractivity contribution in [1.29, 1.82) is 5.26 Å². The number of amides is 1. The van der Waals surface area contributed by atoms with E-state index in [-0.39, 0.29) is 5.91 Å². The van der Waals surface area contributed by atoms with Gasteiger partial charge in [-0.2, -0.15) is 5.26 Å². The van der Waals surface area contributed by atoms with Crippen LogP contribution in [0.4, 0.5) is 11.5 Å². The molecule has 0 aliphatic heterocycles. The summed E-state index contributed by atoms with van der Waals surface area (Å²) in [5, 5.41) is 14.0. The molecule has 0 saturated carbocycles. The highest BCUT2D eigenvalue weighted by molar-refractivity contribution is 5.76. The first-order valence-electron chi connectivity index (χ1n) is 4.77. The third-order valence-electron chi connectivity index (χ3n) is 1.97. The number of anilines is 2. The quantitative estimate of drug-likeness (QED) is 0.665. The molecule has 1 aromatic heterocycles. The molecule has 1 heterocycles. The molecule has 0 spiro atoms. The maximum Gasteiger partial charge on any atom is 0.221 e. The van der Waals surface area contributed by atoms with E-state index in [0.29, 0.717) is 30.0 Å². The van der Waals surface area contributed by atoms with E-state index >= 15 is 0 Å². The number of hydrogen-bond donors (Lipinski definition) is 3. The SMILES string of the molecule is CNC(=O)CCNc1ncc(C#N)cc1N. The molecule has 84 valence electrons. The van der Waals surface area contributed by atoms with Crippen molar-refractivity contribution in [2.75, 3.05) is 24.6 Å². The minimum atomic E-state index is -0.0558. The Balaban J connectivity index is 2.55. The van der Waals surface area contributed by atoms with Crippen LogP contribution < -0.4 is 16.4 Å². The topological polar surface area (TPSA) is 104 Å². The van der Waals surface area contributed by atoms with Gasteiger partial charge in [0.25, 0.3) is 0 Å². The van der Waals surface area contributed by atoms with Crippen LogP contribution in [0.5, 0.6) is 0 Å². The number of rotatable bonds is 4. The summed E-state index contributed by atoms with van der Waals surface area (Å²) in [5.41, 5.74) is 6.48. The van der Waals surface area contributed by atoms with Crippen molar-refractivity contribution in [1.82, 2.24) is 10.3 Å². The zero-order chi connectivity index (χ0) is 12.0. The van der Waals surface area contributed by atoms with E-state index in [1.165, 1.54) is 12.3 Å². The summed E-state index contributed by atoms with van der Waals surface area (Å²) in [6, 6.07) is 3.48. The molecule has 0 aliphatic rings. The maximum atomic E-state index is 10.9. The van der Waals surface area contributed by atoms with Crippen molar-refractivity contribution < 1.29 is 4.79 Å². The molecular formula is C10H13N5O. The summed E-state index contributed by atoms with van der Waals surface area (Å²) in [5.74, 6) is 0.433. The van der Waals surface area contributed by atoms with Crippen molar-refractivity contribution in [3.63, 3.8) is 0 Å². The smallest absolute Gasteiger partial charge is 0.221 e. The second-order valence-electron chi connectivity index (χ2n) is 3.12. The fourth-order valence-electron chi connectivity index (χ4n) is 1.11. The molecule has 6 heteroatoms. The van der Waals surface area contributed by atoms with Crippen LogP contribution in [0.2, 0.25) is 0 Å². The van der Waals surface area contributed by atoms with Crippen LogP contribution in [0.15, 0.2) is 12.3 Å². The summed E-state index contributed by atoms with van der Waals surface area (Å²) in [6.07, 6.45) is 1.77. The average molecular weight is 219 g/mol. The standard InChI is InChI=1S/C10H13N5O/c1-13-9(16)2-3-14-10-8(12)4-7(5-11)6-15-10/h4,6H,2-3,12H2,1H3,(H,13,16)(H,14,15). The number of nitrogen functional groups attached to an aromatic ring is 1. The summed E-state index contributed by atoms with van der Waals surface area (Å²) < 4.78 is 0. The molecule has 4 N–H and O–H groups in total. The van der Waals surface area contributed by atoms with Crippen molar-refractivity contribution in [2.45, 2.75) is 6.42 Å². The molecule has 1 rings (SSSR count). The van der Waals surface area contributed by atoms with Crippen LogP contribution in [0.1, 0.15) is 12.0 Å². The lowest BCUT2D eigenvalue weighted by Gasteiger charge is -2.07. The number of carbonyl (C=O) groups excluding carboxylic acids is 1. The lowest BCUT2D eigenvalue weighted by molar-refractivity contribution is -0.120. The van der Waals surface area contributed by atoms with Crippen molar-refractivity contribution >= 4 is 17.4 Å². The van der Waals surface area contributed by atoms with Crippen LogP contribution in [-0.2, 0) is 4.79 Å². The van der Waals surface area contributed by atoms with Gasteiger partial charge >= 0.3 is 0 Å². The minimum absolute atomic E-state index is 0.0558. The fraction of sp³-hybridized carbons (Fsp3) is 0.300. The van der Waals surface area contributed by atoms with E-state index in [9.17, 15) is 4.79 Å². The predicted molar refractivity (Wildman–Crippen MR) is 60.5 cm³/mol. The molecule has 1 amide bonds. The molecule has 0 fully saturated rings. The van der Waals surface area contributed by atoms with Crippen LogP contribution >= 0.6 is 0 Å². The number of hydrogen-bond acceptors (Lipinski definition) is 5. The molecule has 0 unspecified atom stereocenters. The molecular weight excluding hydrogens is 206 g/mol. The van der Waals surface area contributed by atoms with Gasteiger partial charge in [-0.05, 0) is 6.07 Å². The zero-order valence-electron chi connectivity index (χ0n) is 8.95. The predicted octanol–water partition coefficient (Wildman–Crippen LogP) is 0.0835. The first-order valence-corrected chi connectivity index (χ1v) is 4.77. The van der Waals surface area contributed by atoms with Crippen molar-refractivity contribution in [3.05, 3.63) is 17.8 Å². The second kappa shape index (κ2) is 5.56. The number of carbonyl (C=O) groups is 1. The summed E-state index contributed by atoms with van der Waals surface area (Å²) in [7, 11) is 1.58. The lowest BCUT2D eigenvalue weighted by Crippen LogP contribution is -2.21. The Morgan fingerprint density at radius 1 is 1.69 bits per heavy atom. The highest BCUT2D eigenvalue weighted by Gasteiger charge is 2.03. The molecule has 0 radical (unpaired) electrons. The van der Waals surface area contributed by atoms with Crippen LogP contribution in [0.3, 0.4) is 0 Å². The maximum absolute atomic E-state index is 10.9. The van der Waals surface area contributed by atoms with Crippen LogP contribution in [0.25, 0.3) is 0 Å². The normalized spacial score (nSPS) is 9.25. The van der Waals surface area contributed by atoms with Gasteiger partial charge in [-0.15, -0.1) is 0 Å². The molecule has 0 saturated heterocycles. The lowest BCUT2D eigenvalue weighted by atomic mass is 10.2. The van der Waals surface area contributed by atoms with E-state index in [0.717, 1.165) is 0 Å². The number of aromatic nitrogens is 1. The Hall–Kier alpha value is -2.29. The number of nitrogens with two attached hydrogens (primary N) is 1. The Labute approximate surface area is 93.5 Å². The summed E-state index contributed by atoms with van der Waals surface area (Å²) in [4.78, 5) is 14.9. The number of nitriles is 1. The first-order chi connectivity index (χ1) is 7.67. The fourth-order valence-corrected chi connectivity index (χ4v) is 1.11. The highest BCUT2D eigenvalue weighted by Crippen LogP contribution is 2.15. The van der Waals surface area contributed by atoms with E-state index in [1.54, 1.807) is 7.05 Å². The van der Waals surface area contributed by atoms with Gasteiger partial charge in [0.2, 0.25) is 5.91 Å². The molecule has 0 aromatic carbocycles. The molecule has 16 heavy (non-hydrogen) atoms.